The summed E-state index contributed by atoms with van der Waals surface area (Å²) in [4.78, 5) is 13.2. The van der Waals surface area contributed by atoms with Crippen molar-refractivity contribution in [3.05, 3.63) is 0 Å². The van der Waals surface area contributed by atoms with Gasteiger partial charge in [-0.1, -0.05) is 12.8 Å². The van der Waals surface area contributed by atoms with Gasteiger partial charge in [-0.15, -0.1) is 0 Å². The molecule has 76 valence electrons. The summed E-state index contributed by atoms with van der Waals surface area (Å²) in [6.45, 7) is 0.593. The molecule has 0 rings (SSSR count). The zero-order valence-corrected chi connectivity index (χ0v) is 9.44. The van der Waals surface area contributed by atoms with Crippen molar-refractivity contribution in [3.63, 3.8) is 0 Å². The second kappa shape index (κ2) is 9.60. The molecule has 0 aromatic heterocycles. The Morgan fingerprint density at radius 3 is 2.46 bits per heavy atom. The lowest BCUT2D eigenvalue weighted by molar-refractivity contribution is 0.276. The van der Waals surface area contributed by atoms with E-state index in [0.717, 1.165) is 25.3 Å². The van der Waals surface area contributed by atoms with Crippen molar-refractivity contribution in [2.45, 2.75) is 25.3 Å². The van der Waals surface area contributed by atoms with Gasteiger partial charge >= 0.3 is 9.28 Å². The Morgan fingerprint density at radius 2 is 1.92 bits per heavy atom. The van der Waals surface area contributed by atoms with E-state index in [1.807, 2.05) is 0 Å². The van der Waals surface area contributed by atoms with Gasteiger partial charge < -0.3 is 8.85 Å². The van der Waals surface area contributed by atoms with E-state index in [2.05, 4.69) is 4.99 Å². The van der Waals surface area contributed by atoms with Crippen LogP contribution < -0.4 is 0 Å². The average molecular weight is 203 g/mol. The molecule has 0 unspecified atom stereocenters. The molecule has 0 saturated heterocycles. The van der Waals surface area contributed by atoms with Crippen molar-refractivity contribution in [1.82, 2.24) is 0 Å². The van der Waals surface area contributed by atoms with Crippen molar-refractivity contribution in [2.75, 3.05) is 20.8 Å². The van der Waals surface area contributed by atoms with E-state index in [1.54, 1.807) is 14.2 Å². The summed E-state index contributed by atoms with van der Waals surface area (Å²) in [5, 5.41) is 0. The number of isocyanates is 1. The van der Waals surface area contributed by atoms with Gasteiger partial charge in [0.05, 0.1) is 6.54 Å². The normalized spacial score (nSPS) is 10.1. The molecule has 0 bridgehead atoms. The van der Waals surface area contributed by atoms with E-state index >= 15 is 0 Å². The lowest BCUT2D eigenvalue weighted by Crippen LogP contribution is -2.18. The van der Waals surface area contributed by atoms with E-state index in [9.17, 15) is 4.79 Å². The largest absolute Gasteiger partial charge is 0.400 e. The first-order valence-corrected chi connectivity index (χ1v) is 6.20. The highest BCUT2D eigenvalue weighted by Crippen LogP contribution is 2.05. The maximum Gasteiger partial charge on any atom is 0.320 e. The fourth-order valence-corrected chi connectivity index (χ4v) is 2.34. The van der Waals surface area contributed by atoms with Gasteiger partial charge in [0, 0.05) is 14.2 Å². The number of carbonyl (C=O) groups excluding carboxylic acids is 1. The van der Waals surface area contributed by atoms with Gasteiger partial charge in [0.1, 0.15) is 0 Å². The number of hydrogen-bond acceptors (Lipinski definition) is 4. The molecule has 0 radical (unpaired) electrons. The molecule has 0 N–H and O–H groups in total. The molecule has 5 heteroatoms. The van der Waals surface area contributed by atoms with Crippen LogP contribution in [-0.2, 0) is 13.6 Å². The summed E-state index contributed by atoms with van der Waals surface area (Å²) in [6.07, 6.45) is 4.63. The van der Waals surface area contributed by atoms with Crippen LogP contribution in [0.2, 0.25) is 6.04 Å². The van der Waals surface area contributed by atoms with Gasteiger partial charge in [-0.3, -0.25) is 0 Å². The molecule has 0 aliphatic rings. The standard InChI is InChI=1S/C8H17NO3Si/c1-11-13(12-2)7-5-3-4-6-9-8-10/h13H,3-7H2,1-2H3. The SMILES string of the molecule is CO[SiH](CCCCCN=C=O)OC. The summed E-state index contributed by atoms with van der Waals surface area (Å²) in [5.41, 5.74) is 0. The molecular weight excluding hydrogens is 186 g/mol. The maximum absolute atomic E-state index is 9.71. The van der Waals surface area contributed by atoms with E-state index in [1.165, 1.54) is 6.08 Å². The second-order valence-corrected chi connectivity index (χ2v) is 5.10. The van der Waals surface area contributed by atoms with Crippen LogP contribution in [0.4, 0.5) is 0 Å². The molecule has 0 heterocycles. The van der Waals surface area contributed by atoms with Gasteiger partial charge in [-0.2, -0.15) is 0 Å². The number of rotatable bonds is 8. The van der Waals surface area contributed by atoms with E-state index in [4.69, 9.17) is 8.85 Å². The predicted octanol–water partition coefficient (Wildman–Crippen LogP) is 1.01. The summed E-state index contributed by atoms with van der Waals surface area (Å²) < 4.78 is 10.3. The third kappa shape index (κ3) is 7.86. The topological polar surface area (TPSA) is 47.9 Å². The molecule has 0 amide bonds. The Morgan fingerprint density at radius 1 is 1.23 bits per heavy atom. The van der Waals surface area contributed by atoms with Crippen LogP contribution in [0, 0.1) is 0 Å². The molecule has 0 aromatic rings. The summed E-state index contributed by atoms with van der Waals surface area (Å²) in [5.74, 6) is 0. The van der Waals surface area contributed by atoms with Crippen LogP contribution in [0.3, 0.4) is 0 Å². The number of nitrogens with zero attached hydrogens (tertiary/aromatic N) is 1. The minimum absolute atomic E-state index is 0.593. The molecule has 0 fully saturated rings. The maximum atomic E-state index is 9.71. The van der Waals surface area contributed by atoms with Crippen molar-refractivity contribution in [2.24, 2.45) is 4.99 Å². The highest BCUT2D eigenvalue weighted by atomic mass is 28.3. The van der Waals surface area contributed by atoms with Crippen LogP contribution in [0.15, 0.2) is 4.99 Å². The fraction of sp³-hybridized carbons (Fsp3) is 0.875. The molecule has 13 heavy (non-hydrogen) atoms. The quantitative estimate of drug-likeness (QED) is 0.256. The predicted molar refractivity (Wildman–Crippen MR) is 52.8 cm³/mol. The molecule has 0 aliphatic carbocycles. The highest BCUT2D eigenvalue weighted by molar-refractivity contribution is 6.44. The number of unbranched alkanes of at least 4 members (excludes halogenated alkanes) is 2. The minimum Gasteiger partial charge on any atom is -0.400 e. The lowest BCUT2D eigenvalue weighted by atomic mass is 10.2. The molecule has 0 saturated carbocycles. The van der Waals surface area contributed by atoms with Crippen LogP contribution in [-0.4, -0.2) is 36.1 Å². The molecule has 0 aromatic carbocycles. The van der Waals surface area contributed by atoms with Crippen molar-refractivity contribution < 1.29 is 13.6 Å². The third-order valence-electron chi connectivity index (χ3n) is 1.80. The van der Waals surface area contributed by atoms with E-state index in [0.29, 0.717) is 6.54 Å². The Labute approximate surface area is 80.8 Å². The van der Waals surface area contributed by atoms with Crippen molar-refractivity contribution in [1.29, 1.82) is 0 Å². The third-order valence-corrected chi connectivity index (χ3v) is 3.73. The van der Waals surface area contributed by atoms with Crippen LogP contribution in [0.25, 0.3) is 0 Å². The molecule has 0 spiro atoms. The Bertz CT molecular complexity index is 155. The average Bonchev–Trinajstić information content (AvgIpc) is 2.17. The first kappa shape index (κ1) is 12.5. The zero-order chi connectivity index (χ0) is 9.94. The van der Waals surface area contributed by atoms with Crippen LogP contribution in [0.5, 0.6) is 0 Å². The van der Waals surface area contributed by atoms with Gasteiger partial charge in [0.2, 0.25) is 6.08 Å². The van der Waals surface area contributed by atoms with Gasteiger partial charge in [-0.05, 0) is 12.5 Å². The van der Waals surface area contributed by atoms with Crippen molar-refractivity contribution in [3.8, 4) is 0 Å². The molecule has 0 atom stereocenters. The monoisotopic (exact) mass is 203 g/mol. The fourth-order valence-electron chi connectivity index (χ4n) is 1.06. The Hall–Kier alpha value is -0.483. The van der Waals surface area contributed by atoms with Crippen LogP contribution in [0.1, 0.15) is 19.3 Å². The lowest BCUT2D eigenvalue weighted by Gasteiger charge is -2.09. The van der Waals surface area contributed by atoms with Crippen molar-refractivity contribution >= 4 is 15.4 Å². The number of aliphatic imine (C=N–C) groups is 1. The summed E-state index contributed by atoms with van der Waals surface area (Å²) >= 11 is 0. The summed E-state index contributed by atoms with van der Waals surface area (Å²) in [7, 11) is 2.02. The van der Waals surface area contributed by atoms with Gasteiger partial charge in [-0.25, -0.2) is 9.79 Å². The Kier molecular flexibility index (Phi) is 9.25. The van der Waals surface area contributed by atoms with Gasteiger partial charge in [0.25, 0.3) is 0 Å². The summed E-state index contributed by atoms with van der Waals surface area (Å²) in [6, 6.07) is 1.03. The molecular formula is C8H17NO3Si. The minimum atomic E-state index is -1.36. The van der Waals surface area contributed by atoms with E-state index in [-0.39, 0.29) is 0 Å². The van der Waals surface area contributed by atoms with Gasteiger partial charge in [0.15, 0.2) is 0 Å². The molecule has 0 aliphatic heterocycles. The zero-order valence-electron chi connectivity index (χ0n) is 8.28. The van der Waals surface area contributed by atoms with E-state index < -0.39 is 9.28 Å². The number of hydrogen-bond donors (Lipinski definition) is 0. The smallest absolute Gasteiger partial charge is 0.320 e. The Balaban J connectivity index is 3.18. The second-order valence-electron chi connectivity index (χ2n) is 2.72. The first-order valence-electron chi connectivity index (χ1n) is 4.44. The highest BCUT2D eigenvalue weighted by Gasteiger charge is 2.07. The first-order chi connectivity index (χ1) is 6.35. The molecule has 4 nitrogen and oxygen atoms in total. The van der Waals surface area contributed by atoms with Crippen LogP contribution >= 0.6 is 0 Å².